The third-order valence-corrected chi connectivity index (χ3v) is 5.94. The quantitative estimate of drug-likeness (QED) is 0.621. The first-order valence-corrected chi connectivity index (χ1v) is 10.9. The van der Waals surface area contributed by atoms with Crippen molar-refractivity contribution in [1.82, 2.24) is 4.57 Å². The van der Waals surface area contributed by atoms with Crippen molar-refractivity contribution in [3.05, 3.63) is 70.6 Å². The molecule has 1 aliphatic rings. The van der Waals surface area contributed by atoms with Crippen LogP contribution in [0.4, 0.5) is 5.69 Å². The van der Waals surface area contributed by atoms with Crippen LogP contribution in [0.2, 0.25) is 0 Å². The first kappa shape index (κ1) is 21.1. The fourth-order valence-electron chi connectivity index (χ4n) is 4.30. The predicted octanol–water partition coefficient (Wildman–Crippen LogP) is 4.35. The molecule has 3 aromatic rings. The monoisotopic (exact) mass is 420 g/mol. The van der Waals surface area contributed by atoms with Crippen LogP contribution in [0.5, 0.6) is 5.75 Å². The molecule has 6 nitrogen and oxygen atoms in total. The number of amides is 1. The highest BCUT2D eigenvalue weighted by molar-refractivity contribution is 6.09. The van der Waals surface area contributed by atoms with Gasteiger partial charge in [0.15, 0.2) is 0 Å². The summed E-state index contributed by atoms with van der Waals surface area (Å²) in [5.74, 6) is 0.459. The van der Waals surface area contributed by atoms with Crippen LogP contribution in [0.15, 0.2) is 59.5 Å². The Morgan fingerprint density at radius 2 is 1.81 bits per heavy atom. The van der Waals surface area contributed by atoms with Gasteiger partial charge in [0, 0.05) is 28.2 Å². The molecule has 2 aromatic carbocycles. The van der Waals surface area contributed by atoms with Crippen molar-refractivity contribution < 1.29 is 14.6 Å². The molecule has 0 saturated heterocycles. The summed E-state index contributed by atoms with van der Waals surface area (Å²) in [5, 5.41) is 15.0. The molecule has 6 heteroatoms. The molecular formula is C25H28N2O4. The Bertz CT molecular complexity index is 1130. The van der Waals surface area contributed by atoms with E-state index in [1.54, 1.807) is 53.2 Å². The van der Waals surface area contributed by atoms with E-state index >= 15 is 0 Å². The number of aliphatic hydroxyl groups is 1. The minimum absolute atomic E-state index is 0.159. The van der Waals surface area contributed by atoms with Crippen molar-refractivity contribution in [3.8, 4) is 5.75 Å². The van der Waals surface area contributed by atoms with Crippen molar-refractivity contribution >= 4 is 22.4 Å². The van der Waals surface area contributed by atoms with Crippen LogP contribution in [0.1, 0.15) is 49.4 Å². The number of ether oxygens (including phenoxy) is 1. The van der Waals surface area contributed by atoms with E-state index in [0.29, 0.717) is 40.9 Å². The highest BCUT2D eigenvalue weighted by Crippen LogP contribution is 2.29. The molecule has 0 aliphatic heterocycles. The second kappa shape index (κ2) is 8.94. The molecule has 0 spiro atoms. The average Bonchev–Trinajstić information content (AvgIpc) is 2.77. The number of carbonyl (C=O) groups is 1. The summed E-state index contributed by atoms with van der Waals surface area (Å²) in [5.41, 5.74) is 0.105. The molecule has 162 valence electrons. The summed E-state index contributed by atoms with van der Waals surface area (Å²) in [6.07, 6.45) is 6.25. The first-order valence-electron chi connectivity index (χ1n) is 10.9. The summed E-state index contributed by atoms with van der Waals surface area (Å²) < 4.78 is 7.00. The second-order valence-corrected chi connectivity index (χ2v) is 8.21. The third-order valence-electron chi connectivity index (χ3n) is 5.94. The lowest BCUT2D eigenvalue weighted by atomic mass is 9.85. The van der Waals surface area contributed by atoms with Crippen LogP contribution < -0.4 is 15.6 Å². The number of nitrogens with zero attached hydrogens (tertiary/aromatic N) is 1. The van der Waals surface area contributed by atoms with Gasteiger partial charge in [-0.05, 0) is 62.2 Å². The van der Waals surface area contributed by atoms with Crippen molar-refractivity contribution in [3.63, 3.8) is 0 Å². The summed E-state index contributed by atoms with van der Waals surface area (Å²) in [7, 11) is 0. The lowest BCUT2D eigenvalue weighted by Gasteiger charge is -2.32. The maximum absolute atomic E-state index is 13.1. The molecule has 31 heavy (non-hydrogen) atoms. The number of aromatic nitrogens is 1. The van der Waals surface area contributed by atoms with Gasteiger partial charge in [-0.2, -0.15) is 0 Å². The van der Waals surface area contributed by atoms with Gasteiger partial charge in [-0.25, -0.2) is 0 Å². The minimum Gasteiger partial charge on any atom is -0.494 e. The Hall–Kier alpha value is -3.12. The van der Waals surface area contributed by atoms with E-state index in [0.717, 1.165) is 32.1 Å². The van der Waals surface area contributed by atoms with E-state index in [2.05, 4.69) is 5.32 Å². The standard InChI is InChI=1S/C25H28N2O4/c1-2-31-19-11-9-18(10-12-19)23(28)26-22-8-6-7-21-20(22)13-16-27(24(21)29)17-25(30)14-4-3-5-15-25/h6-13,16,30H,2-5,14-15,17H2,1H3,(H,26,28). The van der Waals surface area contributed by atoms with E-state index in [1.807, 2.05) is 13.0 Å². The normalized spacial score (nSPS) is 15.5. The molecule has 1 aromatic heterocycles. The molecule has 0 bridgehead atoms. The average molecular weight is 421 g/mol. The largest absolute Gasteiger partial charge is 0.494 e. The van der Waals surface area contributed by atoms with Crippen LogP contribution in [0.25, 0.3) is 10.8 Å². The number of anilines is 1. The molecule has 4 rings (SSSR count). The van der Waals surface area contributed by atoms with Crippen LogP contribution in [-0.4, -0.2) is 27.8 Å². The molecular weight excluding hydrogens is 392 g/mol. The molecule has 1 amide bonds. The SMILES string of the molecule is CCOc1ccc(C(=O)Nc2cccc3c(=O)n(CC4(O)CCCCC4)ccc23)cc1. The summed E-state index contributed by atoms with van der Waals surface area (Å²) in [4.78, 5) is 25.8. The Labute approximate surface area is 181 Å². The highest BCUT2D eigenvalue weighted by atomic mass is 16.5. The molecule has 0 atom stereocenters. The summed E-state index contributed by atoms with van der Waals surface area (Å²) >= 11 is 0. The van der Waals surface area contributed by atoms with Crippen molar-refractivity contribution in [1.29, 1.82) is 0 Å². The Morgan fingerprint density at radius 3 is 2.52 bits per heavy atom. The Morgan fingerprint density at radius 1 is 1.06 bits per heavy atom. The Kier molecular flexibility index (Phi) is 6.09. The van der Waals surface area contributed by atoms with Crippen LogP contribution in [0, 0.1) is 0 Å². The summed E-state index contributed by atoms with van der Waals surface area (Å²) in [6, 6.07) is 14.1. The van der Waals surface area contributed by atoms with Gasteiger partial charge >= 0.3 is 0 Å². The van der Waals surface area contributed by atoms with Gasteiger partial charge in [0.25, 0.3) is 11.5 Å². The maximum atomic E-state index is 13.1. The number of fused-ring (bicyclic) bond motifs is 1. The number of carbonyl (C=O) groups excluding carboxylic acids is 1. The fraction of sp³-hybridized carbons (Fsp3) is 0.360. The zero-order chi connectivity index (χ0) is 21.8. The number of hydrogen-bond donors (Lipinski definition) is 2. The van der Waals surface area contributed by atoms with Gasteiger partial charge in [0.1, 0.15) is 5.75 Å². The number of pyridine rings is 1. The molecule has 2 N–H and O–H groups in total. The number of rotatable bonds is 6. The Balaban J connectivity index is 1.58. The van der Waals surface area contributed by atoms with Crippen molar-refractivity contribution in [2.45, 2.75) is 51.2 Å². The second-order valence-electron chi connectivity index (χ2n) is 8.21. The molecule has 0 unspecified atom stereocenters. The number of benzene rings is 2. The van der Waals surface area contributed by atoms with Crippen LogP contribution in [0.3, 0.4) is 0 Å². The van der Waals surface area contributed by atoms with Crippen molar-refractivity contribution in [2.75, 3.05) is 11.9 Å². The van der Waals surface area contributed by atoms with Gasteiger partial charge in [-0.3, -0.25) is 9.59 Å². The van der Waals surface area contributed by atoms with E-state index in [9.17, 15) is 14.7 Å². The highest BCUT2D eigenvalue weighted by Gasteiger charge is 2.30. The van der Waals surface area contributed by atoms with E-state index in [1.165, 1.54) is 0 Å². The fourth-order valence-corrected chi connectivity index (χ4v) is 4.30. The molecule has 1 heterocycles. The molecule has 1 fully saturated rings. The smallest absolute Gasteiger partial charge is 0.258 e. The van der Waals surface area contributed by atoms with Gasteiger partial charge in [0.2, 0.25) is 0 Å². The van der Waals surface area contributed by atoms with Crippen LogP contribution >= 0.6 is 0 Å². The maximum Gasteiger partial charge on any atom is 0.258 e. The van der Waals surface area contributed by atoms with Crippen molar-refractivity contribution in [2.24, 2.45) is 0 Å². The number of hydrogen-bond acceptors (Lipinski definition) is 4. The zero-order valence-electron chi connectivity index (χ0n) is 17.8. The third kappa shape index (κ3) is 4.64. The minimum atomic E-state index is -0.824. The zero-order valence-corrected chi connectivity index (χ0v) is 17.8. The number of nitrogens with one attached hydrogen (secondary N) is 1. The molecule has 0 radical (unpaired) electrons. The van der Waals surface area contributed by atoms with Gasteiger partial charge in [-0.15, -0.1) is 0 Å². The first-order chi connectivity index (χ1) is 15.0. The lowest BCUT2D eigenvalue weighted by Crippen LogP contribution is -2.39. The van der Waals surface area contributed by atoms with Crippen LogP contribution in [-0.2, 0) is 6.54 Å². The summed E-state index contributed by atoms with van der Waals surface area (Å²) in [6.45, 7) is 2.77. The topological polar surface area (TPSA) is 80.6 Å². The predicted molar refractivity (Wildman–Crippen MR) is 122 cm³/mol. The molecule has 1 saturated carbocycles. The van der Waals surface area contributed by atoms with Gasteiger partial charge in [0.05, 0.1) is 18.8 Å². The van der Waals surface area contributed by atoms with Gasteiger partial charge < -0.3 is 19.7 Å². The van der Waals surface area contributed by atoms with E-state index in [4.69, 9.17) is 4.74 Å². The van der Waals surface area contributed by atoms with E-state index < -0.39 is 5.60 Å². The van der Waals surface area contributed by atoms with Gasteiger partial charge in [-0.1, -0.05) is 25.3 Å². The molecule has 1 aliphatic carbocycles. The van der Waals surface area contributed by atoms with E-state index in [-0.39, 0.29) is 11.5 Å². The lowest BCUT2D eigenvalue weighted by molar-refractivity contribution is -0.0121.